The van der Waals surface area contributed by atoms with E-state index < -0.39 is 15.4 Å². The van der Waals surface area contributed by atoms with Gasteiger partial charge in [-0.15, -0.1) is 0 Å². The molecule has 118 valence electrons. The number of hydrogen-bond acceptors (Lipinski definition) is 3. The maximum atomic E-state index is 12.4. The molecule has 0 aliphatic heterocycles. The fourth-order valence-corrected chi connectivity index (χ4v) is 3.62. The van der Waals surface area contributed by atoms with Gasteiger partial charge in [-0.05, 0) is 45.2 Å². The molecule has 0 fully saturated rings. The molecule has 21 heavy (non-hydrogen) atoms. The van der Waals surface area contributed by atoms with E-state index in [1.54, 1.807) is 18.2 Å². The molecule has 0 aliphatic carbocycles. The van der Waals surface area contributed by atoms with Crippen LogP contribution >= 0.6 is 0 Å². The molecule has 1 aromatic carbocycles. The first-order valence-electron chi connectivity index (χ1n) is 7.17. The maximum absolute atomic E-state index is 12.4. The maximum Gasteiger partial charge on any atom is 0.253 e. The van der Waals surface area contributed by atoms with E-state index in [1.165, 1.54) is 6.07 Å². The zero-order chi connectivity index (χ0) is 16.3. The van der Waals surface area contributed by atoms with Crippen molar-refractivity contribution in [3.05, 3.63) is 29.8 Å². The van der Waals surface area contributed by atoms with Crippen LogP contribution in [-0.4, -0.2) is 25.6 Å². The molecule has 1 amide bonds. The Morgan fingerprint density at radius 2 is 1.76 bits per heavy atom. The van der Waals surface area contributed by atoms with E-state index in [9.17, 15) is 13.2 Å². The molecular formula is C16H25NO3S. The third-order valence-corrected chi connectivity index (χ3v) is 4.72. The highest BCUT2D eigenvalue weighted by Crippen LogP contribution is 2.20. The molecule has 0 saturated heterocycles. The van der Waals surface area contributed by atoms with Crippen LogP contribution in [0, 0.1) is 5.92 Å². The lowest BCUT2D eigenvalue weighted by Gasteiger charge is -2.21. The van der Waals surface area contributed by atoms with Crippen LogP contribution in [0.3, 0.4) is 0 Å². The number of benzene rings is 1. The summed E-state index contributed by atoms with van der Waals surface area (Å²) in [5, 5.41) is 2.81. The van der Waals surface area contributed by atoms with Crippen LogP contribution in [0.2, 0.25) is 0 Å². The molecule has 0 unspecified atom stereocenters. The summed E-state index contributed by atoms with van der Waals surface area (Å²) in [6.45, 7) is 9.55. The summed E-state index contributed by atoms with van der Waals surface area (Å²) in [6.07, 6.45) is 0.581. The Bertz CT molecular complexity index is 598. The summed E-state index contributed by atoms with van der Waals surface area (Å²) in [5.74, 6) is 0.00589. The molecule has 1 N–H and O–H groups in total. The van der Waals surface area contributed by atoms with Crippen LogP contribution in [0.1, 0.15) is 51.4 Å². The fraction of sp³-hybridized carbons (Fsp3) is 0.562. The Morgan fingerprint density at radius 1 is 1.19 bits per heavy atom. The van der Waals surface area contributed by atoms with Gasteiger partial charge in [-0.1, -0.05) is 26.0 Å². The van der Waals surface area contributed by atoms with Crippen molar-refractivity contribution in [1.29, 1.82) is 0 Å². The van der Waals surface area contributed by atoms with Gasteiger partial charge in [-0.3, -0.25) is 4.79 Å². The third-order valence-electron chi connectivity index (χ3n) is 2.92. The average molecular weight is 311 g/mol. The van der Waals surface area contributed by atoms with E-state index in [0.29, 0.717) is 12.3 Å². The lowest BCUT2D eigenvalue weighted by molar-refractivity contribution is 0.0916. The SMILES string of the molecule is CC(C)CCS(=O)(=O)c1ccccc1C(=O)NC(C)(C)C. The highest BCUT2D eigenvalue weighted by Gasteiger charge is 2.24. The monoisotopic (exact) mass is 311 g/mol. The van der Waals surface area contributed by atoms with E-state index in [4.69, 9.17) is 0 Å². The number of carbonyl (C=O) groups is 1. The van der Waals surface area contributed by atoms with E-state index in [1.807, 2.05) is 34.6 Å². The van der Waals surface area contributed by atoms with Gasteiger partial charge >= 0.3 is 0 Å². The molecule has 0 bridgehead atoms. The molecule has 0 saturated carbocycles. The number of nitrogens with one attached hydrogen (secondary N) is 1. The van der Waals surface area contributed by atoms with Gasteiger partial charge < -0.3 is 5.32 Å². The zero-order valence-electron chi connectivity index (χ0n) is 13.4. The number of carbonyl (C=O) groups excluding carboxylic acids is 1. The second kappa shape index (κ2) is 6.60. The Hall–Kier alpha value is -1.36. The highest BCUT2D eigenvalue weighted by atomic mass is 32.2. The van der Waals surface area contributed by atoms with Gasteiger partial charge in [0.2, 0.25) is 0 Å². The number of hydrogen-bond donors (Lipinski definition) is 1. The first kappa shape index (κ1) is 17.7. The van der Waals surface area contributed by atoms with Gasteiger partial charge in [-0.2, -0.15) is 0 Å². The minimum absolute atomic E-state index is 0.0600. The predicted molar refractivity (Wildman–Crippen MR) is 85.2 cm³/mol. The Kier molecular flexibility index (Phi) is 5.56. The van der Waals surface area contributed by atoms with Crippen LogP contribution in [0.25, 0.3) is 0 Å². The molecule has 0 aromatic heterocycles. The average Bonchev–Trinajstić information content (AvgIpc) is 2.34. The highest BCUT2D eigenvalue weighted by molar-refractivity contribution is 7.91. The van der Waals surface area contributed by atoms with Crippen molar-refractivity contribution in [1.82, 2.24) is 5.32 Å². The van der Waals surface area contributed by atoms with Crippen LogP contribution in [0.5, 0.6) is 0 Å². The molecule has 1 rings (SSSR count). The molecule has 0 aliphatic rings. The van der Waals surface area contributed by atoms with Crippen LogP contribution < -0.4 is 5.32 Å². The smallest absolute Gasteiger partial charge is 0.253 e. The van der Waals surface area contributed by atoms with Gasteiger partial charge in [-0.25, -0.2) is 8.42 Å². The lowest BCUT2D eigenvalue weighted by atomic mass is 10.1. The molecule has 5 heteroatoms. The Balaban J connectivity index is 3.12. The van der Waals surface area contributed by atoms with Gasteiger partial charge in [0, 0.05) is 5.54 Å². The van der Waals surface area contributed by atoms with E-state index in [-0.39, 0.29) is 22.1 Å². The number of sulfone groups is 1. The molecule has 1 aromatic rings. The van der Waals surface area contributed by atoms with Crippen LogP contribution in [0.15, 0.2) is 29.2 Å². The summed E-state index contributed by atoms with van der Waals surface area (Å²) in [4.78, 5) is 12.4. The quantitative estimate of drug-likeness (QED) is 0.909. The normalized spacial score (nSPS) is 12.5. The summed E-state index contributed by atoms with van der Waals surface area (Å²) in [7, 11) is -3.45. The van der Waals surface area contributed by atoms with Gasteiger partial charge in [0.15, 0.2) is 9.84 Å². The van der Waals surface area contributed by atoms with Crippen molar-refractivity contribution < 1.29 is 13.2 Å². The largest absolute Gasteiger partial charge is 0.347 e. The van der Waals surface area contributed by atoms with Gasteiger partial charge in [0.05, 0.1) is 16.2 Å². The van der Waals surface area contributed by atoms with Crippen molar-refractivity contribution in [2.75, 3.05) is 5.75 Å². The lowest BCUT2D eigenvalue weighted by Crippen LogP contribution is -2.41. The molecular weight excluding hydrogens is 286 g/mol. The molecule has 0 spiro atoms. The Morgan fingerprint density at radius 3 is 2.29 bits per heavy atom. The van der Waals surface area contributed by atoms with Crippen LogP contribution in [0.4, 0.5) is 0 Å². The minimum Gasteiger partial charge on any atom is -0.347 e. The van der Waals surface area contributed by atoms with Crippen molar-refractivity contribution >= 4 is 15.7 Å². The first-order chi connectivity index (χ1) is 9.53. The second-order valence-corrected chi connectivity index (χ2v) is 8.78. The zero-order valence-corrected chi connectivity index (χ0v) is 14.3. The first-order valence-corrected chi connectivity index (χ1v) is 8.82. The number of rotatable bonds is 5. The van der Waals surface area contributed by atoms with E-state index >= 15 is 0 Å². The van der Waals surface area contributed by atoms with Gasteiger partial charge in [0.25, 0.3) is 5.91 Å². The van der Waals surface area contributed by atoms with Crippen LogP contribution in [-0.2, 0) is 9.84 Å². The van der Waals surface area contributed by atoms with Gasteiger partial charge in [0.1, 0.15) is 0 Å². The standard InChI is InChI=1S/C16H25NO3S/c1-12(2)10-11-21(19,20)14-9-7-6-8-13(14)15(18)17-16(3,4)5/h6-9,12H,10-11H2,1-5H3,(H,17,18). The number of amides is 1. The van der Waals surface area contributed by atoms with Crippen molar-refractivity contribution in [2.24, 2.45) is 5.92 Å². The summed E-state index contributed by atoms with van der Waals surface area (Å²) >= 11 is 0. The summed E-state index contributed by atoms with van der Waals surface area (Å²) < 4.78 is 24.9. The molecule has 0 heterocycles. The van der Waals surface area contributed by atoms with E-state index in [2.05, 4.69) is 5.32 Å². The summed E-state index contributed by atoms with van der Waals surface area (Å²) in [6, 6.07) is 6.39. The van der Waals surface area contributed by atoms with Crippen molar-refractivity contribution in [3.63, 3.8) is 0 Å². The molecule has 4 nitrogen and oxygen atoms in total. The third kappa shape index (κ3) is 5.50. The van der Waals surface area contributed by atoms with Crippen molar-refractivity contribution in [2.45, 2.75) is 51.5 Å². The second-order valence-electron chi connectivity index (χ2n) is 6.70. The molecule has 0 radical (unpaired) electrons. The fourth-order valence-electron chi connectivity index (χ4n) is 1.83. The van der Waals surface area contributed by atoms with E-state index in [0.717, 1.165) is 0 Å². The minimum atomic E-state index is -3.45. The predicted octanol–water partition coefficient (Wildman–Crippen LogP) is 3.03. The molecule has 0 atom stereocenters. The van der Waals surface area contributed by atoms with Crippen molar-refractivity contribution in [3.8, 4) is 0 Å². The summed E-state index contributed by atoms with van der Waals surface area (Å²) in [5.41, 5.74) is -0.192. The Labute approximate surface area is 127 Å². The topological polar surface area (TPSA) is 63.2 Å².